The summed E-state index contributed by atoms with van der Waals surface area (Å²) in [7, 11) is 0. The Morgan fingerprint density at radius 2 is 1.71 bits per heavy atom. The lowest BCUT2D eigenvalue weighted by Crippen LogP contribution is -2.44. The van der Waals surface area contributed by atoms with Gasteiger partial charge in [0.25, 0.3) is 0 Å². The average molecular weight is 242 g/mol. The molecule has 0 aliphatic heterocycles. The minimum Gasteiger partial charge on any atom is -0.355 e. The molecule has 0 radical (unpaired) electrons. The molecule has 102 valence electrons. The van der Waals surface area contributed by atoms with Crippen LogP contribution in [-0.4, -0.2) is 25.0 Å². The fourth-order valence-electron chi connectivity index (χ4n) is 1.65. The van der Waals surface area contributed by atoms with Crippen LogP contribution in [0.1, 0.15) is 53.9 Å². The second kappa shape index (κ2) is 9.46. The van der Waals surface area contributed by atoms with Crippen LogP contribution in [0.4, 0.5) is 0 Å². The zero-order valence-corrected chi connectivity index (χ0v) is 12.2. The Labute approximate surface area is 107 Å². The van der Waals surface area contributed by atoms with Crippen molar-refractivity contribution in [2.45, 2.75) is 59.9 Å². The molecule has 0 saturated heterocycles. The molecule has 0 aliphatic carbocycles. The lowest BCUT2D eigenvalue weighted by molar-refractivity contribution is -0.122. The van der Waals surface area contributed by atoms with E-state index in [0.29, 0.717) is 11.8 Å². The van der Waals surface area contributed by atoms with Crippen LogP contribution in [-0.2, 0) is 4.79 Å². The van der Waals surface area contributed by atoms with E-state index in [1.54, 1.807) is 0 Å². The predicted molar refractivity (Wildman–Crippen MR) is 74.0 cm³/mol. The van der Waals surface area contributed by atoms with Gasteiger partial charge in [-0.2, -0.15) is 0 Å². The molecule has 0 aliphatic rings. The summed E-state index contributed by atoms with van der Waals surface area (Å²) in [4.78, 5) is 11.7. The summed E-state index contributed by atoms with van der Waals surface area (Å²) in [6.07, 6.45) is 3.39. The highest BCUT2D eigenvalue weighted by Crippen LogP contribution is 2.05. The molecule has 0 heterocycles. The first-order valence-electron chi connectivity index (χ1n) is 7.02. The zero-order chi connectivity index (χ0) is 13.3. The van der Waals surface area contributed by atoms with Crippen molar-refractivity contribution in [3.8, 4) is 0 Å². The standard InChI is InChI=1S/C14H30N2O/c1-6-13(7-2)10-16-12(5)14(17)15-9-8-11(3)4/h11-13,16H,6-10H2,1-5H3,(H,15,17). The molecule has 17 heavy (non-hydrogen) atoms. The van der Waals surface area contributed by atoms with Crippen molar-refractivity contribution < 1.29 is 4.79 Å². The van der Waals surface area contributed by atoms with E-state index in [4.69, 9.17) is 0 Å². The number of hydrogen-bond donors (Lipinski definition) is 2. The molecule has 0 saturated carbocycles. The minimum absolute atomic E-state index is 0.0808. The van der Waals surface area contributed by atoms with Crippen molar-refractivity contribution in [1.29, 1.82) is 0 Å². The number of hydrogen-bond acceptors (Lipinski definition) is 2. The van der Waals surface area contributed by atoms with Crippen LogP contribution in [0.15, 0.2) is 0 Å². The third-order valence-corrected chi connectivity index (χ3v) is 3.28. The Morgan fingerprint density at radius 1 is 1.12 bits per heavy atom. The first-order chi connectivity index (χ1) is 8.01. The molecule has 1 amide bonds. The van der Waals surface area contributed by atoms with E-state index in [9.17, 15) is 4.79 Å². The zero-order valence-electron chi connectivity index (χ0n) is 12.2. The second-order valence-electron chi connectivity index (χ2n) is 5.29. The maximum Gasteiger partial charge on any atom is 0.236 e. The molecule has 0 aromatic rings. The third kappa shape index (κ3) is 8.19. The van der Waals surface area contributed by atoms with Gasteiger partial charge in [0.1, 0.15) is 0 Å². The van der Waals surface area contributed by atoms with Crippen molar-refractivity contribution >= 4 is 5.91 Å². The van der Waals surface area contributed by atoms with Gasteiger partial charge in [-0.25, -0.2) is 0 Å². The molecular formula is C14H30N2O. The van der Waals surface area contributed by atoms with Gasteiger partial charge in [0, 0.05) is 6.54 Å². The van der Waals surface area contributed by atoms with Crippen LogP contribution in [0, 0.1) is 11.8 Å². The fourth-order valence-corrected chi connectivity index (χ4v) is 1.65. The molecule has 3 heteroatoms. The molecule has 3 nitrogen and oxygen atoms in total. The second-order valence-corrected chi connectivity index (χ2v) is 5.29. The highest BCUT2D eigenvalue weighted by molar-refractivity contribution is 5.81. The van der Waals surface area contributed by atoms with E-state index in [1.165, 1.54) is 12.8 Å². The third-order valence-electron chi connectivity index (χ3n) is 3.28. The lowest BCUT2D eigenvalue weighted by atomic mass is 10.0. The van der Waals surface area contributed by atoms with Gasteiger partial charge in [-0.3, -0.25) is 4.79 Å². The summed E-state index contributed by atoms with van der Waals surface area (Å²) in [6.45, 7) is 12.4. The molecule has 0 fully saturated rings. The van der Waals surface area contributed by atoms with E-state index in [1.807, 2.05) is 6.92 Å². The Hall–Kier alpha value is -0.570. The summed E-state index contributed by atoms with van der Waals surface area (Å²) in [6, 6.07) is -0.0808. The van der Waals surface area contributed by atoms with E-state index in [-0.39, 0.29) is 11.9 Å². The quantitative estimate of drug-likeness (QED) is 0.652. The van der Waals surface area contributed by atoms with Gasteiger partial charge in [-0.05, 0) is 31.7 Å². The molecule has 2 N–H and O–H groups in total. The van der Waals surface area contributed by atoms with Crippen LogP contribution < -0.4 is 10.6 Å². The van der Waals surface area contributed by atoms with Crippen LogP contribution in [0.3, 0.4) is 0 Å². The minimum atomic E-state index is -0.0808. The number of carbonyl (C=O) groups excluding carboxylic acids is 1. The predicted octanol–water partition coefficient (Wildman–Crippen LogP) is 2.56. The van der Waals surface area contributed by atoms with Crippen LogP contribution in [0.2, 0.25) is 0 Å². The Kier molecular flexibility index (Phi) is 9.14. The highest BCUT2D eigenvalue weighted by Gasteiger charge is 2.13. The molecule has 0 spiro atoms. The lowest BCUT2D eigenvalue weighted by Gasteiger charge is -2.18. The summed E-state index contributed by atoms with van der Waals surface area (Å²) in [5, 5.41) is 6.28. The number of nitrogens with one attached hydrogen (secondary N) is 2. The first-order valence-corrected chi connectivity index (χ1v) is 7.02. The molecule has 0 aromatic heterocycles. The number of carbonyl (C=O) groups is 1. The van der Waals surface area contributed by atoms with Crippen LogP contribution in [0.5, 0.6) is 0 Å². The normalized spacial score (nSPS) is 13.1. The van der Waals surface area contributed by atoms with Crippen molar-refractivity contribution in [2.24, 2.45) is 11.8 Å². The monoisotopic (exact) mass is 242 g/mol. The summed E-state index contributed by atoms with van der Waals surface area (Å²) in [5.41, 5.74) is 0. The Morgan fingerprint density at radius 3 is 2.18 bits per heavy atom. The average Bonchev–Trinajstić information content (AvgIpc) is 2.29. The van der Waals surface area contributed by atoms with Crippen molar-refractivity contribution in [3.63, 3.8) is 0 Å². The van der Waals surface area contributed by atoms with E-state index < -0.39 is 0 Å². The van der Waals surface area contributed by atoms with E-state index in [2.05, 4.69) is 38.3 Å². The van der Waals surface area contributed by atoms with Gasteiger partial charge in [-0.15, -0.1) is 0 Å². The smallest absolute Gasteiger partial charge is 0.236 e. The largest absolute Gasteiger partial charge is 0.355 e. The van der Waals surface area contributed by atoms with Crippen LogP contribution >= 0.6 is 0 Å². The maximum atomic E-state index is 11.7. The molecule has 1 unspecified atom stereocenters. The van der Waals surface area contributed by atoms with Crippen molar-refractivity contribution in [3.05, 3.63) is 0 Å². The molecule has 0 rings (SSSR count). The van der Waals surface area contributed by atoms with Crippen LogP contribution in [0.25, 0.3) is 0 Å². The van der Waals surface area contributed by atoms with Gasteiger partial charge in [0.15, 0.2) is 0 Å². The first kappa shape index (κ1) is 16.4. The number of rotatable bonds is 9. The fraction of sp³-hybridized carbons (Fsp3) is 0.929. The van der Waals surface area contributed by atoms with E-state index >= 15 is 0 Å². The van der Waals surface area contributed by atoms with Gasteiger partial charge < -0.3 is 10.6 Å². The topological polar surface area (TPSA) is 41.1 Å². The molecule has 0 aromatic carbocycles. The van der Waals surface area contributed by atoms with Gasteiger partial charge in [0.2, 0.25) is 5.91 Å². The SMILES string of the molecule is CCC(CC)CNC(C)C(=O)NCCC(C)C. The molecule has 1 atom stereocenters. The van der Waals surface area contributed by atoms with Crippen molar-refractivity contribution in [2.75, 3.05) is 13.1 Å². The van der Waals surface area contributed by atoms with E-state index in [0.717, 1.165) is 19.5 Å². The van der Waals surface area contributed by atoms with Gasteiger partial charge in [0.05, 0.1) is 6.04 Å². The molecule has 0 bridgehead atoms. The molecular weight excluding hydrogens is 212 g/mol. The number of amides is 1. The Balaban J connectivity index is 3.73. The summed E-state index contributed by atoms with van der Waals surface area (Å²) >= 11 is 0. The highest BCUT2D eigenvalue weighted by atomic mass is 16.2. The van der Waals surface area contributed by atoms with Gasteiger partial charge >= 0.3 is 0 Å². The van der Waals surface area contributed by atoms with Gasteiger partial charge in [-0.1, -0.05) is 40.5 Å². The summed E-state index contributed by atoms with van der Waals surface area (Å²) in [5.74, 6) is 1.45. The van der Waals surface area contributed by atoms with Crippen molar-refractivity contribution in [1.82, 2.24) is 10.6 Å². The summed E-state index contributed by atoms with van der Waals surface area (Å²) < 4.78 is 0. The Bertz CT molecular complexity index is 200. The maximum absolute atomic E-state index is 11.7.